The first-order valence-corrected chi connectivity index (χ1v) is 6.44. The predicted molar refractivity (Wildman–Crippen MR) is 64.1 cm³/mol. The molecule has 1 atom stereocenters. The van der Waals surface area contributed by atoms with Crippen molar-refractivity contribution in [2.24, 2.45) is 0 Å². The summed E-state index contributed by atoms with van der Waals surface area (Å²) in [6.07, 6.45) is 6.19. The summed E-state index contributed by atoms with van der Waals surface area (Å²) >= 11 is 0. The molecule has 1 unspecified atom stereocenters. The number of nitrogens with zero attached hydrogens (tertiary/aromatic N) is 1. The van der Waals surface area contributed by atoms with Gasteiger partial charge in [-0.3, -0.25) is 4.90 Å². The minimum Gasteiger partial charge on any atom is -0.395 e. The van der Waals surface area contributed by atoms with Gasteiger partial charge in [-0.1, -0.05) is 13.3 Å². The average Bonchev–Trinajstić information content (AvgIpc) is 2.29. The van der Waals surface area contributed by atoms with E-state index in [2.05, 4.69) is 17.1 Å². The Morgan fingerprint density at radius 3 is 2.93 bits per heavy atom. The minimum atomic E-state index is 0.336. The fraction of sp³-hybridized carbons (Fsp3) is 1.00. The Morgan fingerprint density at radius 2 is 2.20 bits per heavy atom. The molecule has 1 fully saturated rings. The highest BCUT2D eigenvalue weighted by molar-refractivity contribution is 4.76. The second kappa shape index (κ2) is 8.08. The molecule has 1 heterocycles. The van der Waals surface area contributed by atoms with Crippen LogP contribution in [0.25, 0.3) is 0 Å². The van der Waals surface area contributed by atoms with Gasteiger partial charge >= 0.3 is 0 Å². The lowest BCUT2D eigenvalue weighted by atomic mass is 10.0. The molecule has 0 saturated carbocycles. The van der Waals surface area contributed by atoms with Crippen LogP contribution in [0.2, 0.25) is 0 Å². The molecule has 3 nitrogen and oxygen atoms in total. The predicted octanol–water partition coefficient (Wildman–Crippen LogP) is 1.22. The van der Waals surface area contributed by atoms with Gasteiger partial charge in [-0.2, -0.15) is 0 Å². The molecule has 0 bridgehead atoms. The Hall–Kier alpha value is -0.120. The van der Waals surface area contributed by atoms with Gasteiger partial charge in [0.05, 0.1) is 6.61 Å². The van der Waals surface area contributed by atoms with Crippen molar-refractivity contribution in [3.05, 3.63) is 0 Å². The molecule has 90 valence electrons. The zero-order valence-electron chi connectivity index (χ0n) is 10.0. The lowest BCUT2D eigenvalue weighted by molar-refractivity contribution is 0.0893. The second-order valence-electron chi connectivity index (χ2n) is 4.47. The number of hydrogen-bond acceptors (Lipinski definition) is 3. The zero-order chi connectivity index (χ0) is 10.9. The smallest absolute Gasteiger partial charge is 0.0586 e. The third kappa shape index (κ3) is 4.96. The molecule has 2 N–H and O–H groups in total. The highest BCUT2D eigenvalue weighted by atomic mass is 16.3. The van der Waals surface area contributed by atoms with Crippen LogP contribution in [-0.2, 0) is 0 Å². The molecule has 1 rings (SSSR count). The van der Waals surface area contributed by atoms with Crippen LogP contribution in [0.15, 0.2) is 0 Å². The first kappa shape index (κ1) is 12.9. The summed E-state index contributed by atoms with van der Waals surface area (Å²) in [5.41, 5.74) is 0. The van der Waals surface area contributed by atoms with Crippen LogP contribution in [0.5, 0.6) is 0 Å². The lowest BCUT2D eigenvalue weighted by Gasteiger charge is -2.34. The summed E-state index contributed by atoms with van der Waals surface area (Å²) in [6.45, 7) is 7.09. The number of likely N-dealkylation sites (tertiary alicyclic amines) is 1. The van der Waals surface area contributed by atoms with Crippen molar-refractivity contribution in [2.45, 2.75) is 45.1 Å². The summed E-state index contributed by atoms with van der Waals surface area (Å²) in [6, 6.07) is 0.435. The number of aliphatic hydroxyl groups is 1. The molecule has 1 saturated heterocycles. The SMILES string of the molecule is CCCNCCCN1CCCCC1CO. The fourth-order valence-electron chi connectivity index (χ4n) is 2.27. The molecule has 0 aliphatic carbocycles. The summed E-state index contributed by atoms with van der Waals surface area (Å²) in [4.78, 5) is 2.46. The van der Waals surface area contributed by atoms with Crippen LogP contribution in [-0.4, -0.2) is 48.8 Å². The van der Waals surface area contributed by atoms with Crippen molar-refractivity contribution < 1.29 is 5.11 Å². The van der Waals surface area contributed by atoms with E-state index < -0.39 is 0 Å². The minimum absolute atomic E-state index is 0.336. The third-order valence-corrected chi connectivity index (χ3v) is 3.19. The van der Waals surface area contributed by atoms with Crippen molar-refractivity contribution in [2.75, 3.05) is 32.8 Å². The van der Waals surface area contributed by atoms with E-state index in [1.807, 2.05) is 0 Å². The summed E-state index contributed by atoms with van der Waals surface area (Å²) < 4.78 is 0. The lowest BCUT2D eigenvalue weighted by Crippen LogP contribution is -2.42. The van der Waals surface area contributed by atoms with Crippen molar-refractivity contribution in [1.82, 2.24) is 10.2 Å². The van der Waals surface area contributed by atoms with Crippen molar-refractivity contribution in [1.29, 1.82) is 0 Å². The van der Waals surface area contributed by atoms with Crippen LogP contribution in [0.1, 0.15) is 39.0 Å². The number of hydrogen-bond donors (Lipinski definition) is 2. The standard InChI is InChI=1S/C12H26N2O/c1-2-7-13-8-5-10-14-9-4-3-6-12(14)11-15/h12-13,15H,2-11H2,1H3. The highest BCUT2D eigenvalue weighted by Crippen LogP contribution is 2.16. The van der Waals surface area contributed by atoms with Gasteiger partial charge in [0.1, 0.15) is 0 Å². The monoisotopic (exact) mass is 214 g/mol. The van der Waals surface area contributed by atoms with Gasteiger partial charge in [0.15, 0.2) is 0 Å². The van der Waals surface area contributed by atoms with E-state index in [1.54, 1.807) is 0 Å². The summed E-state index contributed by atoms with van der Waals surface area (Å²) in [7, 11) is 0. The molecule has 1 aliphatic heterocycles. The average molecular weight is 214 g/mol. The van der Waals surface area contributed by atoms with Crippen LogP contribution < -0.4 is 5.32 Å². The number of piperidine rings is 1. The first-order chi connectivity index (χ1) is 7.38. The molecule has 0 aromatic rings. The maximum atomic E-state index is 9.24. The summed E-state index contributed by atoms with van der Waals surface area (Å²) in [5, 5.41) is 12.7. The van der Waals surface area contributed by atoms with Gasteiger partial charge in [0.25, 0.3) is 0 Å². The van der Waals surface area contributed by atoms with Gasteiger partial charge in [-0.15, -0.1) is 0 Å². The van der Waals surface area contributed by atoms with E-state index >= 15 is 0 Å². The van der Waals surface area contributed by atoms with Crippen molar-refractivity contribution >= 4 is 0 Å². The van der Waals surface area contributed by atoms with Crippen LogP contribution >= 0.6 is 0 Å². The molecule has 1 aliphatic rings. The normalized spacial score (nSPS) is 23.2. The van der Waals surface area contributed by atoms with Crippen LogP contribution in [0.4, 0.5) is 0 Å². The van der Waals surface area contributed by atoms with Crippen molar-refractivity contribution in [3.63, 3.8) is 0 Å². The molecule has 15 heavy (non-hydrogen) atoms. The molecule has 0 spiro atoms. The van der Waals surface area contributed by atoms with Gasteiger partial charge < -0.3 is 10.4 Å². The fourth-order valence-corrected chi connectivity index (χ4v) is 2.27. The maximum absolute atomic E-state index is 9.24. The molecule has 0 amide bonds. The molecule has 0 aromatic carbocycles. The maximum Gasteiger partial charge on any atom is 0.0586 e. The molecular weight excluding hydrogens is 188 g/mol. The first-order valence-electron chi connectivity index (χ1n) is 6.44. The second-order valence-corrected chi connectivity index (χ2v) is 4.47. The van der Waals surface area contributed by atoms with Crippen LogP contribution in [0.3, 0.4) is 0 Å². The zero-order valence-corrected chi connectivity index (χ0v) is 10.0. The third-order valence-electron chi connectivity index (χ3n) is 3.19. The van der Waals surface area contributed by atoms with E-state index in [-0.39, 0.29) is 0 Å². The van der Waals surface area contributed by atoms with E-state index in [1.165, 1.54) is 38.6 Å². The van der Waals surface area contributed by atoms with Gasteiger partial charge in [-0.25, -0.2) is 0 Å². The molecule has 0 radical (unpaired) electrons. The van der Waals surface area contributed by atoms with Gasteiger partial charge in [-0.05, 0) is 51.9 Å². The van der Waals surface area contributed by atoms with E-state index in [4.69, 9.17) is 0 Å². The van der Waals surface area contributed by atoms with E-state index in [0.29, 0.717) is 12.6 Å². The molecule has 3 heteroatoms. The number of aliphatic hydroxyl groups excluding tert-OH is 1. The highest BCUT2D eigenvalue weighted by Gasteiger charge is 2.20. The Bertz CT molecular complexity index is 153. The quantitative estimate of drug-likeness (QED) is 0.626. The Labute approximate surface area is 93.9 Å². The Kier molecular flexibility index (Phi) is 6.98. The number of rotatable bonds is 7. The van der Waals surface area contributed by atoms with Gasteiger partial charge in [0.2, 0.25) is 0 Å². The number of nitrogens with one attached hydrogen (secondary N) is 1. The van der Waals surface area contributed by atoms with Crippen LogP contribution in [0, 0.1) is 0 Å². The topological polar surface area (TPSA) is 35.5 Å². The Morgan fingerprint density at radius 1 is 1.33 bits per heavy atom. The van der Waals surface area contributed by atoms with Crippen molar-refractivity contribution in [3.8, 4) is 0 Å². The summed E-state index contributed by atoms with van der Waals surface area (Å²) in [5.74, 6) is 0. The largest absolute Gasteiger partial charge is 0.395 e. The molecular formula is C12H26N2O. The Balaban J connectivity index is 2.07. The van der Waals surface area contributed by atoms with E-state index in [9.17, 15) is 5.11 Å². The van der Waals surface area contributed by atoms with Gasteiger partial charge in [0, 0.05) is 6.04 Å². The molecule has 0 aromatic heterocycles. The van der Waals surface area contributed by atoms with E-state index in [0.717, 1.165) is 19.6 Å².